The van der Waals surface area contributed by atoms with Gasteiger partial charge in [0.2, 0.25) is 0 Å². The van der Waals surface area contributed by atoms with Crippen LogP contribution in [0.15, 0.2) is 12.1 Å². The molecule has 0 aliphatic carbocycles. The van der Waals surface area contributed by atoms with Gasteiger partial charge in [0, 0.05) is 5.69 Å². The SMILES string of the molecule is Cc1ccc(NC(=O)c2nnn(C3CCNCC3)c2C)c(C)n1. The van der Waals surface area contributed by atoms with E-state index in [1.807, 2.05) is 37.6 Å². The Labute approximate surface area is 135 Å². The van der Waals surface area contributed by atoms with E-state index in [2.05, 4.69) is 25.9 Å². The lowest BCUT2D eigenvalue weighted by Crippen LogP contribution is -2.30. The van der Waals surface area contributed by atoms with Crippen molar-refractivity contribution in [2.45, 2.75) is 39.7 Å². The first-order valence-electron chi connectivity index (χ1n) is 7.94. The second kappa shape index (κ2) is 6.45. The summed E-state index contributed by atoms with van der Waals surface area (Å²) in [6.07, 6.45) is 2.01. The summed E-state index contributed by atoms with van der Waals surface area (Å²) >= 11 is 0. The van der Waals surface area contributed by atoms with Crippen LogP contribution in [0.3, 0.4) is 0 Å². The van der Waals surface area contributed by atoms with Gasteiger partial charge in [-0.3, -0.25) is 9.78 Å². The standard InChI is InChI=1S/C16H22N6O/c1-10-4-5-14(11(2)18-10)19-16(23)15-12(3)22(21-20-15)13-6-8-17-9-7-13/h4-5,13,17H,6-9H2,1-3H3,(H,19,23). The average Bonchev–Trinajstić information content (AvgIpc) is 2.92. The van der Waals surface area contributed by atoms with Crippen molar-refractivity contribution in [2.75, 3.05) is 18.4 Å². The van der Waals surface area contributed by atoms with Crippen molar-refractivity contribution in [3.05, 3.63) is 34.9 Å². The van der Waals surface area contributed by atoms with Crippen LogP contribution in [0, 0.1) is 20.8 Å². The van der Waals surface area contributed by atoms with E-state index in [1.54, 1.807) is 0 Å². The van der Waals surface area contributed by atoms with Gasteiger partial charge in [0.25, 0.3) is 5.91 Å². The number of nitrogens with one attached hydrogen (secondary N) is 2. The van der Waals surface area contributed by atoms with Crippen LogP contribution in [0.2, 0.25) is 0 Å². The molecule has 0 aromatic carbocycles. The van der Waals surface area contributed by atoms with E-state index in [0.29, 0.717) is 17.4 Å². The van der Waals surface area contributed by atoms with Crippen LogP contribution in [0.4, 0.5) is 5.69 Å². The molecular weight excluding hydrogens is 292 g/mol. The summed E-state index contributed by atoms with van der Waals surface area (Å²) in [6, 6.07) is 4.05. The van der Waals surface area contributed by atoms with Crippen LogP contribution in [-0.4, -0.2) is 39.0 Å². The molecule has 2 aromatic heterocycles. The van der Waals surface area contributed by atoms with Crippen molar-refractivity contribution in [3.8, 4) is 0 Å². The minimum Gasteiger partial charge on any atom is -0.319 e. The van der Waals surface area contributed by atoms with Gasteiger partial charge in [0.05, 0.1) is 23.1 Å². The molecule has 0 saturated carbocycles. The second-order valence-corrected chi connectivity index (χ2v) is 5.99. The highest BCUT2D eigenvalue weighted by Crippen LogP contribution is 2.21. The fourth-order valence-corrected chi connectivity index (χ4v) is 2.95. The van der Waals surface area contributed by atoms with Gasteiger partial charge < -0.3 is 10.6 Å². The maximum atomic E-state index is 12.5. The summed E-state index contributed by atoms with van der Waals surface area (Å²) in [5.41, 5.74) is 3.61. The number of hydrogen-bond acceptors (Lipinski definition) is 5. The Bertz CT molecular complexity index is 717. The molecule has 3 rings (SSSR count). The van der Waals surface area contributed by atoms with E-state index in [0.717, 1.165) is 43.0 Å². The number of hydrogen-bond donors (Lipinski definition) is 2. The fraction of sp³-hybridized carbons (Fsp3) is 0.500. The van der Waals surface area contributed by atoms with Crippen molar-refractivity contribution < 1.29 is 4.79 Å². The lowest BCUT2D eigenvalue weighted by Gasteiger charge is -2.23. The first-order valence-corrected chi connectivity index (χ1v) is 7.94. The molecule has 1 fully saturated rings. The van der Waals surface area contributed by atoms with Crippen LogP contribution in [0.1, 0.15) is 46.5 Å². The molecule has 2 N–H and O–H groups in total. The summed E-state index contributed by atoms with van der Waals surface area (Å²) in [5, 5.41) is 14.5. The highest BCUT2D eigenvalue weighted by molar-refractivity contribution is 6.03. The highest BCUT2D eigenvalue weighted by atomic mass is 16.2. The summed E-state index contributed by atoms with van der Waals surface area (Å²) in [4.78, 5) is 16.9. The molecule has 1 aliphatic rings. The molecule has 2 aromatic rings. The minimum absolute atomic E-state index is 0.239. The molecular formula is C16H22N6O. The number of carbonyl (C=O) groups excluding carboxylic acids is 1. The Balaban J connectivity index is 1.78. The number of nitrogens with zero attached hydrogens (tertiary/aromatic N) is 4. The van der Waals surface area contributed by atoms with E-state index >= 15 is 0 Å². The lowest BCUT2D eigenvalue weighted by molar-refractivity contribution is 0.102. The first kappa shape index (κ1) is 15.6. The van der Waals surface area contributed by atoms with Crippen molar-refractivity contribution in [3.63, 3.8) is 0 Å². The van der Waals surface area contributed by atoms with E-state index < -0.39 is 0 Å². The monoisotopic (exact) mass is 314 g/mol. The van der Waals surface area contributed by atoms with Crippen molar-refractivity contribution in [1.82, 2.24) is 25.3 Å². The Morgan fingerprint density at radius 1 is 1.26 bits per heavy atom. The lowest BCUT2D eigenvalue weighted by atomic mass is 10.1. The molecule has 7 heteroatoms. The third kappa shape index (κ3) is 3.24. The van der Waals surface area contributed by atoms with Gasteiger partial charge >= 0.3 is 0 Å². The Kier molecular flexibility index (Phi) is 4.38. The Morgan fingerprint density at radius 2 is 2.00 bits per heavy atom. The minimum atomic E-state index is -0.239. The van der Waals surface area contributed by atoms with Crippen molar-refractivity contribution in [1.29, 1.82) is 0 Å². The number of amides is 1. The van der Waals surface area contributed by atoms with Gasteiger partial charge in [-0.15, -0.1) is 5.10 Å². The number of aromatic nitrogens is 4. The fourth-order valence-electron chi connectivity index (χ4n) is 2.95. The highest BCUT2D eigenvalue weighted by Gasteiger charge is 2.23. The number of rotatable bonds is 3. The van der Waals surface area contributed by atoms with Gasteiger partial charge in [0.1, 0.15) is 0 Å². The number of pyridine rings is 1. The summed E-state index contributed by atoms with van der Waals surface area (Å²) in [6.45, 7) is 7.64. The van der Waals surface area contributed by atoms with Crippen LogP contribution >= 0.6 is 0 Å². The summed E-state index contributed by atoms with van der Waals surface area (Å²) in [5.74, 6) is -0.239. The quantitative estimate of drug-likeness (QED) is 0.902. The zero-order valence-electron chi connectivity index (χ0n) is 13.8. The Hall–Kier alpha value is -2.28. The van der Waals surface area contributed by atoms with Gasteiger partial charge in [-0.25, -0.2) is 4.68 Å². The number of anilines is 1. The molecule has 122 valence electrons. The van der Waals surface area contributed by atoms with Crippen LogP contribution in [-0.2, 0) is 0 Å². The molecule has 7 nitrogen and oxygen atoms in total. The predicted molar refractivity (Wildman–Crippen MR) is 87.6 cm³/mol. The van der Waals surface area contributed by atoms with Crippen LogP contribution in [0.25, 0.3) is 0 Å². The molecule has 0 atom stereocenters. The van der Waals surface area contributed by atoms with E-state index in [4.69, 9.17) is 0 Å². The van der Waals surface area contributed by atoms with Crippen LogP contribution < -0.4 is 10.6 Å². The van der Waals surface area contributed by atoms with Gasteiger partial charge in [-0.05, 0) is 58.8 Å². The smallest absolute Gasteiger partial charge is 0.278 e. The first-order chi connectivity index (χ1) is 11.1. The van der Waals surface area contributed by atoms with Gasteiger partial charge in [0.15, 0.2) is 5.69 Å². The van der Waals surface area contributed by atoms with Gasteiger partial charge in [-0.2, -0.15) is 0 Å². The maximum absolute atomic E-state index is 12.5. The molecule has 1 aliphatic heterocycles. The van der Waals surface area contributed by atoms with E-state index in [1.165, 1.54) is 0 Å². The number of piperidine rings is 1. The number of carbonyl (C=O) groups is 1. The Morgan fingerprint density at radius 3 is 2.70 bits per heavy atom. The topological polar surface area (TPSA) is 84.7 Å². The van der Waals surface area contributed by atoms with Crippen molar-refractivity contribution >= 4 is 11.6 Å². The molecule has 0 radical (unpaired) electrons. The molecule has 1 amide bonds. The summed E-state index contributed by atoms with van der Waals surface area (Å²) in [7, 11) is 0. The zero-order chi connectivity index (χ0) is 16.4. The molecule has 0 spiro atoms. The molecule has 23 heavy (non-hydrogen) atoms. The van der Waals surface area contributed by atoms with E-state index in [9.17, 15) is 4.79 Å². The van der Waals surface area contributed by atoms with Crippen LogP contribution in [0.5, 0.6) is 0 Å². The maximum Gasteiger partial charge on any atom is 0.278 e. The normalized spacial score (nSPS) is 15.6. The molecule has 3 heterocycles. The van der Waals surface area contributed by atoms with Crippen molar-refractivity contribution in [2.24, 2.45) is 0 Å². The molecule has 0 unspecified atom stereocenters. The van der Waals surface area contributed by atoms with Gasteiger partial charge in [-0.1, -0.05) is 5.21 Å². The number of aryl methyl sites for hydroxylation is 2. The third-order valence-electron chi connectivity index (χ3n) is 4.27. The van der Waals surface area contributed by atoms with E-state index in [-0.39, 0.29) is 5.91 Å². The predicted octanol–water partition coefficient (Wildman–Crippen LogP) is 1.78. The molecule has 1 saturated heterocycles. The third-order valence-corrected chi connectivity index (χ3v) is 4.27. The summed E-state index contributed by atoms with van der Waals surface area (Å²) < 4.78 is 1.88. The second-order valence-electron chi connectivity index (χ2n) is 5.99. The zero-order valence-corrected chi connectivity index (χ0v) is 13.8. The average molecular weight is 314 g/mol. The largest absolute Gasteiger partial charge is 0.319 e. The molecule has 0 bridgehead atoms.